The van der Waals surface area contributed by atoms with Crippen molar-refractivity contribution in [3.8, 4) is 0 Å². The van der Waals surface area contributed by atoms with Crippen LogP contribution in [0, 0.1) is 5.92 Å². The summed E-state index contributed by atoms with van der Waals surface area (Å²) in [6.45, 7) is 10.5. The Bertz CT molecular complexity index is 572. The molecule has 1 fully saturated rings. The molecule has 0 saturated carbocycles. The number of hydrazine groups is 1. The molecule has 172 valence electrons. The van der Waals surface area contributed by atoms with E-state index in [0.29, 0.717) is 12.1 Å². The van der Waals surface area contributed by atoms with Crippen LogP contribution in [0.2, 0.25) is 0 Å². The molecule has 8 nitrogen and oxygen atoms in total. The SMILES string of the molecule is CC(C)=O.CCCCC1C(=O)NN(c2ccccc2)C1=O.CCOCC.OCCO. The van der Waals surface area contributed by atoms with Crippen molar-refractivity contribution in [1.29, 1.82) is 0 Å². The molecule has 1 atom stereocenters. The third-order valence-corrected chi connectivity index (χ3v) is 3.43. The van der Waals surface area contributed by atoms with Gasteiger partial charge in [-0.25, -0.2) is 5.01 Å². The summed E-state index contributed by atoms with van der Waals surface area (Å²) in [5, 5.41) is 16.6. The summed E-state index contributed by atoms with van der Waals surface area (Å²) in [5.41, 5.74) is 3.34. The molecule has 1 aliphatic rings. The number of nitrogens with one attached hydrogen (secondary N) is 1. The van der Waals surface area contributed by atoms with E-state index in [4.69, 9.17) is 14.9 Å². The highest BCUT2D eigenvalue weighted by Crippen LogP contribution is 2.22. The average molecular weight is 427 g/mol. The summed E-state index contributed by atoms with van der Waals surface area (Å²) in [4.78, 5) is 33.2. The van der Waals surface area contributed by atoms with Crippen molar-refractivity contribution in [1.82, 2.24) is 5.43 Å². The third kappa shape index (κ3) is 14.7. The number of carbonyl (C=O) groups is 3. The Morgan fingerprint density at radius 2 is 1.53 bits per heavy atom. The van der Waals surface area contributed by atoms with Crippen molar-refractivity contribution in [3.63, 3.8) is 0 Å². The molecule has 2 amide bonds. The molecule has 3 N–H and O–H groups in total. The van der Waals surface area contributed by atoms with E-state index in [-0.39, 0.29) is 30.8 Å². The minimum atomic E-state index is -0.518. The van der Waals surface area contributed by atoms with E-state index in [2.05, 4.69) is 5.43 Å². The number of ether oxygens (including phenoxy) is 1. The first kappa shape index (κ1) is 29.9. The second-order valence-corrected chi connectivity index (χ2v) is 6.32. The summed E-state index contributed by atoms with van der Waals surface area (Å²) >= 11 is 0. The van der Waals surface area contributed by atoms with Crippen LogP contribution in [0.25, 0.3) is 0 Å². The number of rotatable bonds is 7. The molecule has 1 aliphatic heterocycles. The molecular weight excluding hydrogens is 388 g/mol. The number of ketones is 1. The zero-order chi connectivity index (χ0) is 23.4. The van der Waals surface area contributed by atoms with Crippen molar-refractivity contribution in [2.45, 2.75) is 53.9 Å². The van der Waals surface area contributed by atoms with Crippen molar-refractivity contribution in [2.24, 2.45) is 5.92 Å². The maximum absolute atomic E-state index is 12.1. The smallest absolute Gasteiger partial charge is 0.258 e. The summed E-state index contributed by atoms with van der Waals surface area (Å²) in [7, 11) is 0. The molecule has 1 aromatic carbocycles. The highest BCUT2D eigenvalue weighted by molar-refractivity contribution is 6.14. The van der Waals surface area contributed by atoms with E-state index in [9.17, 15) is 14.4 Å². The third-order valence-electron chi connectivity index (χ3n) is 3.43. The lowest BCUT2D eigenvalue weighted by molar-refractivity contribution is -0.127. The van der Waals surface area contributed by atoms with Crippen LogP contribution in [-0.4, -0.2) is 54.2 Å². The predicted octanol–water partition coefficient (Wildman–Crippen LogP) is 2.48. The van der Waals surface area contributed by atoms with Gasteiger partial charge in [-0.05, 0) is 46.2 Å². The number of amides is 2. The summed E-state index contributed by atoms with van der Waals surface area (Å²) in [6.07, 6.45) is 2.51. The first-order valence-electron chi connectivity index (χ1n) is 10.3. The fourth-order valence-corrected chi connectivity index (χ4v) is 2.15. The summed E-state index contributed by atoms with van der Waals surface area (Å²) < 4.78 is 4.83. The topological polar surface area (TPSA) is 116 Å². The number of carbonyl (C=O) groups excluding carboxylic acids is 3. The molecule has 30 heavy (non-hydrogen) atoms. The molecule has 1 heterocycles. The fourth-order valence-electron chi connectivity index (χ4n) is 2.15. The van der Waals surface area contributed by atoms with Gasteiger partial charge in [0, 0.05) is 13.2 Å². The monoisotopic (exact) mass is 426 g/mol. The molecular formula is C22H38N2O6. The molecule has 1 aromatic rings. The second-order valence-electron chi connectivity index (χ2n) is 6.32. The van der Waals surface area contributed by atoms with E-state index < -0.39 is 5.92 Å². The van der Waals surface area contributed by atoms with E-state index in [1.54, 1.807) is 12.1 Å². The van der Waals surface area contributed by atoms with Crippen LogP contribution in [0.15, 0.2) is 30.3 Å². The number of hydrogen-bond donors (Lipinski definition) is 3. The quantitative estimate of drug-likeness (QED) is 0.577. The minimum Gasteiger partial charge on any atom is -0.394 e. The van der Waals surface area contributed by atoms with Gasteiger partial charge in [0.05, 0.1) is 18.9 Å². The van der Waals surface area contributed by atoms with Crippen molar-refractivity contribution in [3.05, 3.63) is 30.3 Å². The molecule has 8 heteroatoms. The number of benzene rings is 1. The maximum Gasteiger partial charge on any atom is 0.258 e. The normalized spacial score (nSPS) is 14.4. The standard InChI is InChI=1S/C13H16N2O2.C4H10O.C3H6O.C2H6O2/c1-2-3-9-11-12(16)14-15(13(11)17)10-7-5-4-6-8-10;1-3-5-4-2;1-3(2)4;3-1-2-4/h4-8,11H,2-3,9H2,1H3,(H,14,16);3-4H2,1-2H3;1-2H3;3-4H,1-2H2. The van der Waals surface area contributed by atoms with E-state index >= 15 is 0 Å². The number of Topliss-reactive ketones (excluding diaryl/α,β-unsaturated/α-hetero) is 1. The lowest BCUT2D eigenvalue weighted by atomic mass is 10.0. The number of nitrogens with zero attached hydrogens (tertiary/aromatic N) is 1. The number of hydrogen-bond acceptors (Lipinski definition) is 6. The lowest BCUT2D eigenvalue weighted by Crippen LogP contribution is -2.35. The Morgan fingerprint density at radius 3 is 1.90 bits per heavy atom. The van der Waals surface area contributed by atoms with Crippen LogP contribution >= 0.6 is 0 Å². The molecule has 1 saturated heterocycles. The number of aliphatic hydroxyl groups excluding tert-OH is 2. The van der Waals surface area contributed by atoms with Crippen molar-refractivity contribution < 1.29 is 29.3 Å². The Morgan fingerprint density at radius 1 is 1.03 bits per heavy atom. The van der Waals surface area contributed by atoms with E-state index in [1.165, 1.54) is 18.9 Å². The van der Waals surface area contributed by atoms with E-state index in [1.807, 2.05) is 39.0 Å². The second kappa shape index (κ2) is 20.0. The van der Waals surface area contributed by atoms with Gasteiger partial charge in [0.25, 0.3) is 11.8 Å². The molecule has 0 spiro atoms. The van der Waals surface area contributed by atoms with Gasteiger partial charge in [-0.1, -0.05) is 38.0 Å². The van der Waals surface area contributed by atoms with Gasteiger partial charge < -0.3 is 19.7 Å². The molecule has 0 radical (unpaired) electrons. The molecule has 0 bridgehead atoms. The number of anilines is 1. The first-order valence-corrected chi connectivity index (χ1v) is 10.3. The van der Waals surface area contributed by atoms with Crippen molar-refractivity contribution in [2.75, 3.05) is 31.4 Å². The van der Waals surface area contributed by atoms with Gasteiger partial charge in [0.1, 0.15) is 11.7 Å². The van der Waals surface area contributed by atoms with Crippen LogP contribution in [0.5, 0.6) is 0 Å². The summed E-state index contributed by atoms with van der Waals surface area (Å²) in [5.74, 6) is -0.683. The van der Waals surface area contributed by atoms with Crippen LogP contribution in [0.3, 0.4) is 0 Å². The van der Waals surface area contributed by atoms with Gasteiger partial charge in [-0.2, -0.15) is 0 Å². The van der Waals surface area contributed by atoms with E-state index in [0.717, 1.165) is 26.1 Å². The Hall–Kier alpha value is -2.29. The first-order chi connectivity index (χ1) is 14.3. The Balaban J connectivity index is 0. The van der Waals surface area contributed by atoms with Crippen LogP contribution in [0.1, 0.15) is 53.9 Å². The molecule has 0 aromatic heterocycles. The van der Waals surface area contributed by atoms with Gasteiger partial charge in [0.2, 0.25) is 0 Å². The Labute approximate surface area is 180 Å². The minimum absolute atomic E-state index is 0.125. The zero-order valence-electron chi connectivity index (χ0n) is 18.9. The van der Waals surface area contributed by atoms with Gasteiger partial charge in [-0.15, -0.1) is 0 Å². The fraction of sp³-hybridized carbons (Fsp3) is 0.591. The molecule has 1 unspecified atom stereocenters. The molecule has 0 aliphatic carbocycles. The highest BCUT2D eigenvalue weighted by atomic mass is 16.5. The predicted molar refractivity (Wildman–Crippen MR) is 118 cm³/mol. The lowest BCUT2D eigenvalue weighted by Gasteiger charge is -2.14. The number of aliphatic hydroxyl groups is 2. The molecule has 2 rings (SSSR count). The summed E-state index contributed by atoms with van der Waals surface area (Å²) in [6, 6.07) is 9.17. The Kier molecular flexibility index (Phi) is 19.9. The highest BCUT2D eigenvalue weighted by Gasteiger charge is 2.39. The maximum atomic E-state index is 12.1. The zero-order valence-corrected chi connectivity index (χ0v) is 18.9. The van der Waals surface area contributed by atoms with Crippen LogP contribution < -0.4 is 10.4 Å². The van der Waals surface area contributed by atoms with Crippen LogP contribution in [0.4, 0.5) is 5.69 Å². The number of unbranched alkanes of at least 4 members (excludes halogenated alkanes) is 1. The van der Waals surface area contributed by atoms with Crippen molar-refractivity contribution >= 4 is 23.3 Å². The van der Waals surface area contributed by atoms with Gasteiger partial charge >= 0.3 is 0 Å². The van der Waals surface area contributed by atoms with Gasteiger partial charge in [0.15, 0.2) is 0 Å². The average Bonchev–Trinajstić information content (AvgIpc) is 3.01. The van der Waals surface area contributed by atoms with Gasteiger partial charge in [-0.3, -0.25) is 15.0 Å². The largest absolute Gasteiger partial charge is 0.394 e. The number of para-hydroxylation sites is 1. The van der Waals surface area contributed by atoms with Crippen LogP contribution in [-0.2, 0) is 19.1 Å².